The fraction of sp³-hybridized carbons (Fsp3) is 0.222. The van der Waals surface area contributed by atoms with Gasteiger partial charge < -0.3 is 14.6 Å². The molecule has 0 fully saturated rings. The highest BCUT2D eigenvalue weighted by Gasteiger charge is 2.18. The highest BCUT2D eigenvalue weighted by Crippen LogP contribution is 2.37. The van der Waals surface area contributed by atoms with Crippen LogP contribution in [0.15, 0.2) is 66.7 Å². The summed E-state index contributed by atoms with van der Waals surface area (Å²) in [5.74, 6) is 0.541. The minimum atomic E-state index is -0.356. The maximum absolute atomic E-state index is 12.1. The number of fused-ring (bicyclic) bond motifs is 2. The van der Waals surface area contributed by atoms with Crippen LogP contribution in [0.25, 0.3) is 32.6 Å². The molecule has 0 aliphatic carbocycles. The third-order valence-corrected chi connectivity index (χ3v) is 6.86. The summed E-state index contributed by atoms with van der Waals surface area (Å²) >= 11 is 1.62. The van der Waals surface area contributed by atoms with Crippen LogP contribution in [-0.4, -0.2) is 27.6 Å². The van der Waals surface area contributed by atoms with Gasteiger partial charge >= 0.3 is 5.97 Å². The molecule has 0 saturated carbocycles. The maximum atomic E-state index is 12.1. The number of para-hydroxylation sites is 1. The molecule has 6 nitrogen and oxygen atoms in total. The van der Waals surface area contributed by atoms with E-state index in [1.807, 2.05) is 60.7 Å². The van der Waals surface area contributed by atoms with Crippen LogP contribution < -0.4 is 5.32 Å². The monoisotopic (exact) mass is 470 g/mol. The van der Waals surface area contributed by atoms with Gasteiger partial charge in [0.25, 0.3) is 0 Å². The van der Waals surface area contributed by atoms with Gasteiger partial charge in [0.1, 0.15) is 5.82 Å². The van der Waals surface area contributed by atoms with Crippen LogP contribution in [-0.2, 0) is 11.3 Å². The smallest absolute Gasteiger partial charge is 0.337 e. The zero-order valence-electron chi connectivity index (χ0n) is 19.2. The summed E-state index contributed by atoms with van der Waals surface area (Å²) in [7, 11) is 1.40. The summed E-state index contributed by atoms with van der Waals surface area (Å²) in [6, 6.07) is 21.8. The third-order valence-electron chi connectivity index (χ3n) is 5.84. The molecule has 5 aromatic rings. The topological polar surface area (TPSA) is 69.0 Å². The molecule has 0 aliphatic heterocycles. The van der Waals surface area contributed by atoms with E-state index in [9.17, 15) is 4.79 Å². The standard InChI is InChI=1S/C27H26N4O2S/c1-3-4-8-16-31-23-15-14-18(26(32)33-2)17-22(23)29-25(31)20-12-9-13-21-24(20)34-27(30-21)28-19-10-6-5-7-11-19/h5-7,9-15,17H,3-4,8,16H2,1-2H3,(H,28,30). The second-order valence-corrected chi connectivity index (χ2v) is 9.15. The number of nitrogens with one attached hydrogen (secondary N) is 1. The Morgan fingerprint density at radius 1 is 1.00 bits per heavy atom. The van der Waals surface area contributed by atoms with E-state index < -0.39 is 0 Å². The van der Waals surface area contributed by atoms with Crippen LogP contribution in [0.3, 0.4) is 0 Å². The van der Waals surface area contributed by atoms with Crippen molar-refractivity contribution in [3.8, 4) is 11.4 Å². The van der Waals surface area contributed by atoms with Gasteiger partial charge in [-0.25, -0.2) is 14.8 Å². The summed E-state index contributed by atoms with van der Waals surface area (Å²) in [5.41, 5.74) is 5.29. The Kier molecular flexibility index (Phi) is 6.27. The fourth-order valence-corrected chi connectivity index (χ4v) is 5.14. The number of rotatable bonds is 8. The highest BCUT2D eigenvalue weighted by atomic mass is 32.1. The predicted octanol–water partition coefficient (Wildman–Crippen LogP) is 7.03. The molecule has 7 heteroatoms. The molecule has 0 amide bonds. The second kappa shape index (κ2) is 9.65. The molecular formula is C27H26N4O2S. The van der Waals surface area contributed by atoms with Gasteiger partial charge in [0.15, 0.2) is 5.13 Å². The van der Waals surface area contributed by atoms with E-state index in [4.69, 9.17) is 14.7 Å². The number of unbranched alkanes of at least 4 members (excludes halogenated alkanes) is 2. The van der Waals surface area contributed by atoms with Gasteiger partial charge in [-0.3, -0.25) is 0 Å². The summed E-state index contributed by atoms with van der Waals surface area (Å²) in [6.07, 6.45) is 3.36. The molecule has 0 unspecified atom stereocenters. The number of ether oxygens (including phenoxy) is 1. The lowest BCUT2D eigenvalue weighted by atomic mass is 10.2. The van der Waals surface area contributed by atoms with Gasteiger partial charge in [0, 0.05) is 17.8 Å². The van der Waals surface area contributed by atoms with E-state index in [2.05, 4.69) is 22.9 Å². The van der Waals surface area contributed by atoms with Crippen LogP contribution in [0.2, 0.25) is 0 Å². The summed E-state index contributed by atoms with van der Waals surface area (Å²) < 4.78 is 8.26. The Balaban J connectivity index is 1.62. The van der Waals surface area contributed by atoms with Crippen LogP contribution in [0, 0.1) is 0 Å². The molecule has 2 heterocycles. The van der Waals surface area contributed by atoms with Crippen LogP contribution in [0.1, 0.15) is 36.5 Å². The third kappa shape index (κ3) is 4.26. The molecule has 3 aromatic carbocycles. The van der Waals surface area contributed by atoms with E-state index in [0.717, 1.165) is 69.3 Å². The zero-order chi connectivity index (χ0) is 23.5. The lowest BCUT2D eigenvalue weighted by Gasteiger charge is -2.10. The Hall–Kier alpha value is -3.71. The molecule has 0 spiro atoms. The minimum Gasteiger partial charge on any atom is -0.465 e. The second-order valence-electron chi connectivity index (χ2n) is 8.15. The number of hydrogen-bond acceptors (Lipinski definition) is 6. The van der Waals surface area contributed by atoms with E-state index >= 15 is 0 Å². The van der Waals surface area contributed by atoms with Crippen molar-refractivity contribution >= 4 is 49.4 Å². The molecule has 0 atom stereocenters. The molecule has 2 aromatic heterocycles. The Bertz CT molecular complexity index is 1460. The fourth-order valence-electron chi connectivity index (χ4n) is 4.15. The SMILES string of the molecule is CCCCCn1c(-c2cccc3nc(Nc4ccccc4)sc23)nc2cc(C(=O)OC)ccc21. The first-order valence-electron chi connectivity index (χ1n) is 11.5. The largest absolute Gasteiger partial charge is 0.465 e. The van der Waals surface area contributed by atoms with Crippen molar-refractivity contribution in [1.29, 1.82) is 0 Å². The van der Waals surface area contributed by atoms with Gasteiger partial charge in [0.2, 0.25) is 0 Å². The first-order valence-corrected chi connectivity index (χ1v) is 12.3. The van der Waals surface area contributed by atoms with Crippen molar-refractivity contribution in [3.63, 3.8) is 0 Å². The number of aromatic nitrogens is 3. The number of carbonyl (C=O) groups is 1. The van der Waals surface area contributed by atoms with Gasteiger partial charge in [-0.15, -0.1) is 0 Å². The summed E-state index contributed by atoms with van der Waals surface area (Å²) in [6.45, 7) is 3.07. The van der Waals surface area contributed by atoms with Gasteiger partial charge in [-0.2, -0.15) is 0 Å². The summed E-state index contributed by atoms with van der Waals surface area (Å²) in [5, 5.41) is 4.25. The number of thiazole rings is 1. The molecular weight excluding hydrogens is 444 g/mol. The van der Waals surface area contributed by atoms with Crippen molar-refractivity contribution in [2.75, 3.05) is 12.4 Å². The number of anilines is 2. The van der Waals surface area contributed by atoms with Gasteiger partial charge in [-0.1, -0.05) is 55.4 Å². The Morgan fingerprint density at radius 3 is 2.65 bits per heavy atom. The number of methoxy groups -OCH3 is 1. The molecule has 0 saturated heterocycles. The number of nitrogens with zero attached hydrogens (tertiary/aromatic N) is 3. The molecule has 5 rings (SSSR count). The van der Waals surface area contributed by atoms with Crippen molar-refractivity contribution < 1.29 is 9.53 Å². The Labute approximate surface area is 202 Å². The molecule has 1 N–H and O–H groups in total. The zero-order valence-corrected chi connectivity index (χ0v) is 20.1. The van der Waals surface area contributed by atoms with Crippen LogP contribution in [0.5, 0.6) is 0 Å². The summed E-state index contributed by atoms with van der Waals surface area (Å²) in [4.78, 5) is 21.9. The van der Waals surface area contributed by atoms with E-state index in [-0.39, 0.29) is 5.97 Å². The number of esters is 1. The Morgan fingerprint density at radius 2 is 1.85 bits per heavy atom. The number of aryl methyl sites for hydroxylation is 1. The van der Waals surface area contributed by atoms with Crippen molar-refractivity contribution in [2.45, 2.75) is 32.7 Å². The van der Waals surface area contributed by atoms with E-state index in [0.29, 0.717) is 5.56 Å². The van der Waals surface area contributed by atoms with Crippen molar-refractivity contribution in [1.82, 2.24) is 14.5 Å². The van der Waals surface area contributed by atoms with Crippen molar-refractivity contribution in [3.05, 3.63) is 72.3 Å². The van der Waals surface area contributed by atoms with E-state index in [1.165, 1.54) is 7.11 Å². The number of imidazole rings is 1. The number of benzene rings is 3. The van der Waals surface area contributed by atoms with Gasteiger partial charge in [-0.05, 0) is 48.9 Å². The van der Waals surface area contributed by atoms with Crippen molar-refractivity contribution in [2.24, 2.45) is 0 Å². The molecule has 34 heavy (non-hydrogen) atoms. The van der Waals surface area contributed by atoms with E-state index in [1.54, 1.807) is 11.3 Å². The normalized spacial score (nSPS) is 11.2. The first-order chi connectivity index (χ1) is 16.7. The number of hydrogen-bond donors (Lipinski definition) is 1. The van der Waals surface area contributed by atoms with Gasteiger partial charge in [0.05, 0.1) is 33.9 Å². The van der Waals surface area contributed by atoms with Crippen LogP contribution >= 0.6 is 11.3 Å². The average molecular weight is 471 g/mol. The minimum absolute atomic E-state index is 0.356. The molecule has 0 radical (unpaired) electrons. The maximum Gasteiger partial charge on any atom is 0.337 e. The quantitative estimate of drug-likeness (QED) is 0.195. The van der Waals surface area contributed by atoms with Crippen LogP contribution in [0.4, 0.5) is 10.8 Å². The predicted molar refractivity (Wildman–Crippen MR) is 139 cm³/mol. The molecule has 0 aliphatic rings. The number of carbonyl (C=O) groups excluding carboxylic acids is 1. The molecule has 172 valence electrons. The lowest BCUT2D eigenvalue weighted by Crippen LogP contribution is -2.02. The lowest BCUT2D eigenvalue weighted by molar-refractivity contribution is 0.0601. The average Bonchev–Trinajstić information content (AvgIpc) is 3.44. The molecule has 0 bridgehead atoms. The first kappa shape index (κ1) is 22.1. The highest BCUT2D eigenvalue weighted by molar-refractivity contribution is 7.22.